The maximum Gasteiger partial charge on any atom is 0.338 e. The zero-order chi connectivity index (χ0) is 19.1. The van der Waals surface area contributed by atoms with E-state index < -0.39 is 12.0 Å². The summed E-state index contributed by atoms with van der Waals surface area (Å²) in [6.07, 6.45) is 0. The Labute approximate surface area is 157 Å². The van der Waals surface area contributed by atoms with Gasteiger partial charge in [-0.3, -0.25) is 0 Å². The van der Waals surface area contributed by atoms with Gasteiger partial charge in [0.05, 0.1) is 5.56 Å². The highest BCUT2D eigenvalue weighted by molar-refractivity contribution is 5.89. The summed E-state index contributed by atoms with van der Waals surface area (Å²) < 4.78 is 5.37. The summed E-state index contributed by atoms with van der Waals surface area (Å²) in [7, 11) is 0. The quantitative estimate of drug-likeness (QED) is 0.655. The van der Waals surface area contributed by atoms with Gasteiger partial charge in [0.15, 0.2) is 0 Å². The number of carbonyl (C=O) groups excluding carboxylic acids is 2. The largest absolute Gasteiger partial charge is 0.457 e. The first-order valence-corrected chi connectivity index (χ1v) is 8.55. The van der Waals surface area contributed by atoms with Crippen LogP contribution in [0.5, 0.6) is 0 Å². The van der Waals surface area contributed by atoms with Crippen LogP contribution in [0.2, 0.25) is 0 Å². The highest BCUT2D eigenvalue weighted by atomic mass is 16.5. The molecule has 0 aliphatic rings. The molecule has 0 aromatic heterocycles. The summed E-state index contributed by atoms with van der Waals surface area (Å²) in [5.74, 6) is -0.392. The highest BCUT2D eigenvalue weighted by Gasteiger charge is 2.08. The molecule has 136 valence electrons. The van der Waals surface area contributed by atoms with Crippen LogP contribution < -0.4 is 11.1 Å². The van der Waals surface area contributed by atoms with Gasteiger partial charge in [0.25, 0.3) is 0 Å². The van der Waals surface area contributed by atoms with Gasteiger partial charge in [0, 0.05) is 6.54 Å². The van der Waals surface area contributed by atoms with Crippen LogP contribution in [0.25, 0.3) is 11.1 Å². The van der Waals surface area contributed by atoms with Crippen molar-refractivity contribution in [2.24, 2.45) is 5.73 Å². The SMILES string of the molecule is NC(=O)NCc1ccc(C(=O)OCc2ccc(-c3ccccc3)cc2)cc1. The number of carbonyl (C=O) groups is 2. The van der Waals surface area contributed by atoms with E-state index in [0.29, 0.717) is 12.1 Å². The number of rotatable bonds is 6. The molecule has 5 heteroatoms. The molecule has 3 aromatic carbocycles. The molecule has 27 heavy (non-hydrogen) atoms. The van der Waals surface area contributed by atoms with Gasteiger partial charge >= 0.3 is 12.0 Å². The van der Waals surface area contributed by atoms with Gasteiger partial charge < -0.3 is 15.8 Å². The second-order valence-electron chi connectivity index (χ2n) is 6.05. The van der Waals surface area contributed by atoms with Crippen LogP contribution in [0.15, 0.2) is 78.9 Å². The number of hydrogen-bond donors (Lipinski definition) is 2. The molecule has 0 atom stereocenters. The van der Waals surface area contributed by atoms with Crippen LogP contribution in [0, 0.1) is 0 Å². The Morgan fingerprint density at radius 1 is 0.778 bits per heavy atom. The van der Waals surface area contributed by atoms with Gasteiger partial charge in [-0.15, -0.1) is 0 Å². The fourth-order valence-corrected chi connectivity index (χ4v) is 2.60. The summed E-state index contributed by atoms with van der Waals surface area (Å²) in [5.41, 5.74) is 9.52. The summed E-state index contributed by atoms with van der Waals surface area (Å²) in [6.45, 7) is 0.525. The molecule has 0 fully saturated rings. The van der Waals surface area contributed by atoms with E-state index in [4.69, 9.17) is 10.5 Å². The molecule has 0 heterocycles. The molecule has 3 rings (SSSR count). The number of hydrogen-bond acceptors (Lipinski definition) is 3. The predicted molar refractivity (Wildman–Crippen MR) is 104 cm³/mol. The smallest absolute Gasteiger partial charge is 0.338 e. The fourth-order valence-electron chi connectivity index (χ4n) is 2.60. The van der Waals surface area contributed by atoms with Crippen molar-refractivity contribution in [3.05, 3.63) is 95.6 Å². The van der Waals surface area contributed by atoms with E-state index in [1.165, 1.54) is 0 Å². The van der Waals surface area contributed by atoms with Crippen LogP contribution in [0.4, 0.5) is 4.79 Å². The summed E-state index contributed by atoms with van der Waals surface area (Å²) in [5, 5.41) is 2.50. The maximum atomic E-state index is 12.2. The summed E-state index contributed by atoms with van der Waals surface area (Å²) in [6, 6.07) is 24.3. The normalized spacial score (nSPS) is 10.2. The first-order valence-electron chi connectivity index (χ1n) is 8.55. The van der Waals surface area contributed by atoms with E-state index in [1.807, 2.05) is 42.5 Å². The van der Waals surface area contributed by atoms with E-state index in [1.54, 1.807) is 24.3 Å². The lowest BCUT2D eigenvalue weighted by molar-refractivity contribution is 0.0472. The zero-order valence-electron chi connectivity index (χ0n) is 14.7. The van der Waals surface area contributed by atoms with Gasteiger partial charge in [0.2, 0.25) is 0 Å². The molecule has 2 amide bonds. The van der Waals surface area contributed by atoms with E-state index in [-0.39, 0.29) is 6.61 Å². The van der Waals surface area contributed by atoms with Crippen molar-refractivity contribution in [3.63, 3.8) is 0 Å². The molecular weight excluding hydrogens is 340 g/mol. The average Bonchev–Trinajstić information content (AvgIpc) is 2.72. The Morgan fingerprint density at radius 3 is 2.00 bits per heavy atom. The van der Waals surface area contributed by atoms with E-state index >= 15 is 0 Å². The van der Waals surface area contributed by atoms with Crippen molar-refractivity contribution >= 4 is 12.0 Å². The third kappa shape index (κ3) is 5.19. The molecule has 0 radical (unpaired) electrons. The first kappa shape index (κ1) is 18.2. The number of primary amides is 1. The molecule has 3 N–H and O–H groups in total. The van der Waals surface area contributed by atoms with E-state index in [2.05, 4.69) is 17.4 Å². The molecule has 0 unspecified atom stereocenters. The molecule has 0 bridgehead atoms. The molecule has 0 saturated heterocycles. The minimum Gasteiger partial charge on any atom is -0.457 e. The highest BCUT2D eigenvalue weighted by Crippen LogP contribution is 2.19. The van der Waals surface area contributed by atoms with Crippen molar-refractivity contribution in [1.29, 1.82) is 0 Å². The third-order valence-corrected chi connectivity index (χ3v) is 4.09. The van der Waals surface area contributed by atoms with Gasteiger partial charge in [-0.1, -0.05) is 66.7 Å². The Kier molecular flexibility index (Phi) is 5.84. The lowest BCUT2D eigenvalue weighted by atomic mass is 10.0. The number of esters is 1. The number of nitrogens with two attached hydrogens (primary N) is 1. The first-order chi connectivity index (χ1) is 13.1. The fraction of sp³-hybridized carbons (Fsp3) is 0.0909. The second kappa shape index (κ2) is 8.67. The van der Waals surface area contributed by atoms with Crippen LogP contribution >= 0.6 is 0 Å². The minimum atomic E-state index is -0.586. The molecular formula is C22H20N2O3. The number of urea groups is 1. The molecule has 0 aliphatic heterocycles. The van der Waals surface area contributed by atoms with Gasteiger partial charge in [0.1, 0.15) is 6.61 Å². The lowest BCUT2D eigenvalue weighted by Gasteiger charge is -2.07. The Morgan fingerprint density at radius 2 is 1.37 bits per heavy atom. The van der Waals surface area contributed by atoms with Crippen molar-refractivity contribution < 1.29 is 14.3 Å². The lowest BCUT2D eigenvalue weighted by Crippen LogP contribution is -2.28. The Hall–Kier alpha value is -3.60. The molecule has 0 spiro atoms. The second-order valence-corrected chi connectivity index (χ2v) is 6.05. The van der Waals surface area contributed by atoms with E-state index in [9.17, 15) is 9.59 Å². The van der Waals surface area contributed by atoms with Gasteiger partial charge in [-0.05, 0) is 34.4 Å². The van der Waals surface area contributed by atoms with Crippen molar-refractivity contribution in [2.75, 3.05) is 0 Å². The van der Waals surface area contributed by atoms with Gasteiger partial charge in [-0.2, -0.15) is 0 Å². The van der Waals surface area contributed by atoms with Crippen LogP contribution in [0.3, 0.4) is 0 Å². The zero-order valence-corrected chi connectivity index (χ0v) is 14.7. The number of amides is 2. The van der Waals surface area contributed by atoms with Crippen molar-refractivity contribution in [2.45, 2.75) is 13.2 Å². The van der Waals surface area contributed by atoms with E-state index in [0.717, 1.165) is 22.3 Å². The number of ether oxygens (including phenoxy) is 1. The number of nitrogens with one attached hydrogen (secondary N) is 1. The third-order valence-electron chi connectivity index (χ3n) is 4.09. The van der Waals surface area contributed by atoms with Crippen LogP contribution in [-0.4, -0.2) is 12.0 Å². The van der Waals surface area contributed by atoms with Gasteiger partial charge in [-0.25, -0.2) is 9.59 Å². The van der Waals surface area contributed by atoms with Crippen molar-refractivity contribution in [3.8, 4) is 11.1 Å². The maximum absolute atomic E-state index is 12.2. The average molecular weight is 360 g/mol. The Balaban J connectivity index is 1.55. The topological polar surface area (TPSA) is 81.4 Å². The standard InChI is InChI=1S/C22H20N2O3/c23-22(26)24-14-16-6-12-20(13-7-16)21(25)27-15-17-8-10-19(11-9-17)18-4-2-1-3-5-18/h1-13H,14-15H2,(H3,23,24,26). The molecule has 3 aromatic rings. The molecule has 5 nitrogen and oxygen atoms in total. The summed E-state index contributed by atoms with van der Waals surface area (Å²) >= 11 is 0. The monoisotopic (exact) mass is 360 g/mol. The van der Waals surface area contributed by atoms with Crippen LogP contribution in [0.1, 0.15) is 21.5 Å². The molecule has 0 saturated carbocycles. The van der Waals surface area contributed by atoms with Crippen LogP contribution in [-0.2, 0) is 17.9 Å². The Bertz CT molecular complexity index is 905. The predicted octanol–water partition coefficient (Wildman–Crippen LogP) is 3.88. The summed E-state index contributed by atoms with van der Waals surface area (Å²) in [4.78, 5) is 22.9. The minimum absolute atomic E-state index is 0.207. The van der Waals surface area contributed by atoms with Crippen molar-refractivity contribution in [1.82, 2.24) is 5.32 Å². The number of benzene rings is 3. The molecule has 0 aliphatic carbocycles.